The van der Waals surface area contributed by atoms with Gasteiger partial charge in [0, 0.05) is 5.69 Å². The van der Waals surface area contributed by atoms with Crippen LogP contribution in [-0.2, 0) is 6.61 Å². The number of rotatable bonds is 7. The number of amides is 1. The first-order valence-electron chi connectivity index (χ1n) is 9.03. The van der Waals surface area contributed by atoms with Gasteiger partial charge >= 0.3 is 12.3 Å². The molecule has 0 unspecified atom stereocenters. The van der Waals surface area contributed by atoms with E-state index in [9.17, 15) is 27.9 Å². The molecule has 0 aliphatic carbocycles. The van der Waals surface area contributed by atoms with E-state index in [4.69, 9.17) is 16.3 Å². The van der Waals surface area contributed by atoms with Crippen molar-refractivity contribution in [3.8, 4) is 11.5 Å². The van der Waals surface area contributed by atoms with E-state index in [2.05, 4.69) is 10.1 Å². The molecule has 0 fully saturated rings. The number of hydrogen-bond acceptors (Lipinski definition) is 4. The summed E-state index contributed by atoms with van der Waals surface area (Å²) in [4.78, 5) is 23.7. The van der Waals surface area contributed by atoms with Crippen molar-refractivity contribution < 1.29 is 37.3 Å². The molecular formula is C22H15ClF3NO5. The molecule has 3 rings (SSSR count). The van der Waals surface area contributed by atoms with Crippen LogP contribution in [-0.4, -0.2) is 23.3 Å². The van der Waals surface area contributed by atoms with Crippen molar-refractivity contribution in [2.45, 2.75) is 13.0 Å². The van der Waals surface area contributed by atoms with Gasteiger partial charge in [-0.15, -0.1) is 13.2 Å². The number of carboxylic acids is 1. The van der Waals surface area contributed by atoms with E-state index >= 15 is 0 Å². The minimum Gasteiger partial charge on any atom is -0.487 e. The molecule has 3 aromatic rings. The fourth-order valence-corrected chi connectivity index (χ4v) is 2.99. The zero-order valence-electron chi connectivity index (χ0n) is 16.2. The molecule has 0 saturated carbocycles. The van der Waals surface area contributed by atoms with Gasteiger partial charge in [-0.2, -0.15) is 0 Å². The Labute approximate surface area is 185 Å². The van der Waals surface area contributed by atoms with Gasteiger partial charge < -0.3 is 19.9 Å². The van der Waals surface area contributed by atoms with E-state index in [-0.39, 0.29) is 34.3 Å². The summed E-state index contributed by atoms with van der Waals surface area (Å²) in [6, 6.07) is 15.4. The molecule has 1 amide bonds. The number of carbonyl (C=O) groups is 2. The summed E-state index contributed by atoms with van der Waals surface area (Å²) < 4.78 is 46.5. The highest BCUT2D eigenvalue weighted by atomic mass is 35.5. The van der Waals surface area contributed by atoms with E-state index < -0.39 is 18.2 Å². The van der Waals surface area contributed by atoms with Crippen molar-refractivity contribution in [1.29, 1.82) is 0 Å². The number of aromatic carboxylic acids is 1. The molecule has 32 heavy (non-hydrogen) atoms. The molecule has 166 valence electrons. The fourth-order valence-electron chi connectivity index (χ4n) is 2.76. The molecule has 0 bridgehead atoms. The highest BCUT2D eigenvalue weighted by Gasteiger charge is 2.31. The maximum atomic E-state index is 12.4. The van der Waals surface area contributed by atoms with Crippen LogP contribution in [0, 0.1) is 0 Å². The molecule has 0 aliphatic rings. The molecular weight excluding hydrogens is 451 g/mol. The van der Waals surface area contributed by atoms with Crippen LogP contribution < -0.4 is 14.8 Å². The van der Waals surface area contributed by atoms with Gasteiger partial charge in [-0.25, -0.2) is 4.79 Å². The third kappa shape index (κ3) is 6.14. The van der Waals surface area contributed by atoms with E-state index in [1.165, 1.54) is 54.6 Å². The zero-order chi connectivity index (χ0) is 23.3. The summed E-state index contributed by atoms with van der Waals surface area (Å²) in [6.07, 6.45) is -4.80. The molecule has 6 nitrogen and oxygen atoms in total. The first kappa shape index (κ1) is 23.0. The number of nitrogens with one attached hydrogen (secondary N) is 1. The Morgan fingerprint density at radius 3 is 2.34 bits per heavy atom. The van der Waals surface area contributed by atoms with Crippen LogP contribution in [0.5, 0.6) is 11.5 Å². The van der Waals surface area contributed by atoms with Crippen molar-refractivity contribution in [2.75, 3.05) is 5.32 Å². The number of benzene rings is 3. The highest BCUT2D eigenvalue weighted by molar-refractivity contribution is 6.32. The normalized spacial score (nSPS) is 11.0. The van der Waals surface area contributed by atoms with Crippen molar-refractivity contribution >= 4 is 29.2 Å². The topological polar surface area (TPSA) is 84.9 Å². The standard InChI is InChI=1S/C22H15ClF3NO5/c23-18-11-14(27-20(28)16-6-1-2-7-17(16)21(29)30)8-9-19(18)31-12-13-4-3-5-15(10-13)32-22(24,25)26/h1-11H,12H2,(H,27,28)(H,29,30). The maximum Gasteiger partial charge on any atom is 0.573 e. The fraction of sp³-hybridized carbons (Fsp3) is 0.0909. The summed E-state index contributed by atoms with van der Waals surface area (Å²) in [5.74, 6) is -2.00. The molecule has 0 aliphatic heterocycles. The summed E-state index contributed by atoms with van der Waals surface area (Å²) in [7, 11) is 0. The Kier molecular flexibility index (Phi) is 6.89. The predicted molar refractivity (Wildman–Crippen MR) is 110 cm³/mol. The molecule has 2 N–H and O–H groups in total. The molecule has 0 heterocycles. The van der Waals surface area contributed by atoms with Crippen LogP contribution in [0.4, 0.5) is 18.9 Å². The van der Waals surface area contributed by atoms with Crippen LogP contribution >= 0.6 is 11.6 Å². The lowest BCUT2D eigenvalue weighted by molar-refractivity contribution is -0.274. The number of halogens is 4. The van der Waals surface area contributed by atoms with Gasteiger partial charge in [-0.1, -0.05) is 35.9 Å². The van der Waals surface area contributed by atoms with Crippen molar-refractivity contribution in [3.63, 3.8) is 0 Å². The summed E-state index contributed by atoms with van der Waals surface area (Å²) in [6.45, 7) is -0.0769. The van der Waals surface area contributed by atoms with E-state index in [0.717, 1.165) is 0 Å². The highest BCUT2D eigenvalue weighted by Crippen LogP contribution is 2.29. The number of hydrogen-bond donors (Lipinski definition) is 2. The second kappa shape index (κ2) is 9.61. The largest absolute Gasteiger partial charge is 0.573 e. The van der Waals surface area contributed by atoms with Crippen LogP contribution in [0.1, 0.15) is 26.3 Å². The Hall–Kier alpha value is -3.72. The number of anilines is 1. The SMILES string of the molecule is O=C(O)c1ccccc1C(=O)Nc1ccc(OCc2cccc(OC(F)(F)F)c2)c(Cl)c1. The smallest absolute Gasteiger partial charge is 0.487 e. The van der Waals surface area contributed by atoms with Crippen LogP contribution in [0.25, 0.3) is 0 Å². The maximum absolute atomic E-state index is 12.4. The predicted octanol–water partition coefficient (Wildman–Crippen LogP) is 5.77. The van der Waals surface area contributed by atoms with E-state index in [1.54, 1.807) is 12.1 Å². The number of ether oxygens (including phenoxy) is 2. The second-order valence-electron chi connectivity index (χ2n) is 6.43. The third-order valence-electron chi connectivity index (χ3n) is 4.12. The van der Waals surface area contributed by atoms with Crippen LogP contribution in [0.15, 0.2) is 66.7 Å². The summed E-state index contributed by atoms with van der Waals surface area (Å²) in [5, 5.41) is 11.9. The van der Waals surface area contributed by atoms with Gasteiger partial charge in [0.2, 0.25) is 0 Å². The van der Waals surface area contributed by atoms with Crippen molar-refractivity contribution in [2.24, 2.45) is 0 Å². The Bertz CT molecular complexity index is 1150. The molecule has 3 aromatic carbocycles. The average Bonchev–Trinajstić information content (AvgIpc) is 2.72. The van der Waals surface area contributed by atoms with Gasteiger partial charge in [0.1, 0.15) is 18.1 Å². The lowest BCUT2D eigenvalue weighted by Gasteiger charge is -2.12. The van der Waals surface area contributed by atoms with Crippen molar-refractivity contribution in [3.05, 3.63) is 88.4 Å². The molecule has 0 saturated heterocycles. The second-order valence-corrected chi connectivity index (χ2v) is 6.84. The van der Waals surface area contributed by atoms with Crippen LogP contribution in [0.2, 0.25) is 5.02 Å². The Balaban J connectivity index is 1.67. The monoisotopic (exact) mass is 465 g/mol. The quantitative estimate of drug-likeness (QED) is 0.463. The van der Waals surface area contributed by atoms with E-state index in [1.807, 2.05) is 0 Å². The molecule has 10 heteroatoms. The van der Waals surface area contributed by atoms with Gasteiger partial charge in [-0.05, 0) is 48.0 Å². The Morgan fingerprint density at radius 2 is 1.69 bits per heavy atom. The Morgan fingerprint density at radius 1 is 0.969 bits per heavy atom. The molecule has 0 atom stereocenters. The van der Waals surface area contributed by atoms with Gasteiger partial charge in [0.05, 0.1) is 16.1 Å². The number of alkyl halides is 3. The first-order valence-corrected chi connectivity index (χ1v) is 9.41. The molecule has 0 spiro atoms. The average molecular weight is 466 g/mol. The van der Waals surface area contributed by atoms with Gasteiger partial charge in [0.25, 0.3) is 5.91 Å². The number of carboxylic acid groups (broad SMARTS) is 1. The van der Waals surface area contributed by atoms with Gasteiger partial charge in [-0.3, -0.25) is 4.79 Å². The van der Waals surface area contributed by atoms with Crippen LogP contribution in [0.3, 0.4) is 0 Å². The lowest BCUT2D eigenvalue weighted by atomic mass is 10.1. The first-order chi connectivity index (χ1) is 15.1. The minimum atomic E-state index is -4.80. The van der Waals surface area contributed by atoms with Gasteiger partial charge in [0.15, 0.2) is 0 Å². The molecule has 0 radical (unpaired) electrons. The molecule has 0 aromatic heterocycles. The summed E-state index contributed by atoms with van der Waals surface area (Å²) >= 11 is 6.18. The minimum absolute atomic E-state index is 0.0163. The summed E-state index contributed by atoms with van der Waals surface area (Å²) in [5.41, 5.74) is 0.559. The van der Waals surface area contributed by atoms with Crippen molar-refractivity contribution in [1.82, 2.24) is 0 Å². The van der Waals surface area contributed by atoms with E-state index in [0.29, 0.717) is 11.3 Å². The third-order valence-corrected chi connectivity index (χ3v) is 4.41. The lowest BCUT2D eigenvalue weighted by Crippen LogP contribution is -2.17. The number of carbonyl (C=O) groups excluding carboxylic acids is 1. The zero-order valence-corrected chi connectivity index (χ0v) is 16.9.